The number of nitrogens with zero attached hydrogens (tertiary/aromatic N) is 6. The van der Waals surface area contributed by atoms with Gasteiger partial charge < -0.3 is 4.90 Å². The van der Waals surface area contributed by atoms with E-state index in [9.17, 15) is 0 Å². The van der Waals surface area contributed by atoms with E-state index in [1.165, 1.54) is 11.4 Å². The molecule has 0 bridgehead atoms. The summed E-state index contributed by atoms with van der Waals surface area (Å²) in [4.78, 5) is 20.2. The molecular weight excluding hydrogens is 308 g/mol. The number of aryl methyl sites for hydroxylation is 1. The molecule has 0 aliphatic carbocycles. The summed E-state index contributed by atoms with van der Waals surface area (Å²) in [7, 11) is 0. The molecule has 1 saturated heterocycles. The fourth-order valence-electron chi connectivity index (χ4n) is 3.06. The molecule has 1 atom stereocenters. The summed E-state index contributed by atoms with van der Waals surface area (Å²) < 4.78 is 1.96. The van der Waals surface area contributed by atoms with Gasteiger partial charge in [-0.15, -0.1) is 11.3 Å². The van der Waals surface area contributed by atoms with Gasteiger partial charge in [-0.2, -0.15) is 0 Å². The first kappa shape index (κ1) is 14.3. The van der Waals surface area contributed by atoms with Crippen molar-refractivity contribution in [3.05, 3.63) is 47.2 Å². The first-order valence-electron chi connectivity index (χ1n) is 7.78. The van der Waals surface area contributed by atoms with Gasteiger partial charge in [0, 0.05) is 43.0 Å². The summed E-state index contributed by atoms with van der Waals surface area (Å²) in [6, 6.07) is 0. The van der Waals surface area contributed by atoms with Crippen LogP contribution in [-0.4, -0.2) is 37.6 Å². The summed E-state index contributed by atoms with van der Waals surface area (Å²) in [6.07, 6.45) is 11.6. The van der Waals surface area contributed by atoms with E-state index in [2.05, 4.69) is 25.2 Å². The largest absolute Gasteiger partial charge is 0.355 e. The molecule has 7 heteroatoms. The molecule has 3 aromatic heterocycles. The first-order chi connectivity index (χ1) is 11.3. The van der Waals surface area contributed by atoms with Gasteiger partial charge in [0.1, 0.15) is 11.6 Å². The molecule has 4 rings (SSSR count). The van der Waals surface area contributed by atoms with Gasteiger partial charge in [0.05, 0.1) is 17.4 Å². The topological polar surface area (TPSA) is 59.7 Å². The highest BCUT2D eigenvalue weighted by Crippen LogP contribution is 2.30. The van der Waals surface area contributed by atoms with Gasteiger partial charge in [-0.05, 0) is 19.8 Å². The maximum atomic E-state index is 4.78. The summed E-state index contributed by atoms with van der Waals surface area (Å²) >= 11 is 1.74. The van der Waals surface area contributed by atoms with Crippen LogP contribution in [0.4, 0.5) is 5.82 Å². The minimum absolute atomic E-state index is 0.490. The number of piperidine rings is 1. The zero-order valence-electron chi connectivity index (χ0n) is 13.0. The van der Waals surface area contributed by atoms with Crippen LogP contribution in [0.3, 0.4) is 0 Å². The number of imidazole rings is 1. The SMILES string of the molecule is Cc1nccn1-c1cncc(N2CCC[C@H](c3nccs3)C2)n1. The van der Waals surface area contributed by atoms with Crippen molar-refractivity contribution >= 4 is 17.2 Å². The number of thiazole rings is 1. The van der Waals surface area contributed by atoms with Crippen LogP contribution in [0, 0.1) is 6.92 Å². The predicted molar refractivity (Wildman–Crippen MR) is 90.2 cm³/mol. The normalized spacial score (nSPS) is 18.3. The number of rotatable bonds is 3. The van der Waals surface area contributed by atoms with Crippen LogP contribution in [0.15, 0.2) is 36.4 Å². The quantitative estimate of drug-likeness (QED) is 0.741. The Labute approximate surface area is 138 Å². The maximum Gasteiger partial charge on any atom is 0.159 e. The standard InChI is InChI=1S/C16H18N6S/c1-12-18-4-7-22(12)15-10-17-9-14(20-15)21-6-2-3-13(11-21)16-19-5-8-23-16/h4-5,7-10,13H,2-3,6,11H2,1H3/t13-/m0/s1. The fraction of sp³-hybridized carbons (Fsp3) is 0.375. The second-order valence-electron chi connectivity index (χ2n) is 5.74. The predicted octanol–water partition coefficient (Wildman–Crippen LogP) is 2.81. The molecule has 3 aromatic rings. The van der Waals surface area contributed by atoms with Gasteiger partial charge in [-0.1, -0.05) is 0 Å². The van der Waals surface area contributed by atoms with Gasteiger partial charge >= 0.3 is 0 Å². The van der Waals surface area contributed by atoms with Crippen LogP contribution in [0.2, 0.25) is 0 Å². The molecule has 0 radical (unpaired) electrons. The van der Waals surface area contributed by atoms with Crippen LogP contribution in [0.25, 0.3) is 5.82 Å². The van der Waals surface area contributed by atoms with E-state index in [0.29, 0.717) is 5.92 Å². The summed E-state index contributed by atoms with van der Waals surface area (Å²) in [5.74, 6) is 3.14. The molecule has 0 unspecified atom stereocenters. The Bertz CT molecular complexity index is 781. The third-order valence-corrected chi connectivity index (χ3v) is 5.17. The third kappa shape index (κ3) is 2.84. The molecule has 0 saturated carbocycles. The lowest BCUT2D eigenvalue weighted by atomic mass is 9.99. The minimum Gasteiger partial charge on any atom is -0.355 e. The van der Waals surface area contributed by atoms with Crippen molar-refractivity contribution in [2.24, 2.45) is 0 Å². The lowest BCUT2D eigenvalue weighted by Gasteiger charge is -2.32. The van der Waals surface area contributed by atoms with Gasteiger partial charge in [0.2, 0.25) is 0 Å². The average Bonchev–Trinajstić information content (AvgIpc) is 3.27. The molecule has 1 aliphatic heterocycles. The second kappa shape index (κ2) is 6.08. The molecular formula is C16H18N6S. The van der Waals surface area contributed by atoms with Crippen LogP contribution in [0.1, 0.15) is 29.6 Å². The minimum atomic E-state index is 0.490. The Morgan fingerprint density at radius 1 is 1.17 bits per heavy atom. The van der Waals surface area contributed by atoms with Crippen LogP contribution >= 0.6 is 11.3 Å². The Morgan fingerprint density at radius 3 is 2.87 bits per heavy atom. The molecule has 0 amide bonds. The van der Waals surface area contributed by atoms with Crippen molar-refractivity contribution in [1.29, 1.82) is 0 Å². The molecule has 6 nitrogen and oxygen atoms in total. The van der Waals surface area contributed by atoms with E-state index in [1.54, 1.807) is 23.7 Å². The Balaban J connectivity index is 1.59. The lowest BCUT2D eigenvalue weighted by molar-refractivity contribution is 0.505. The highest BCUT2D eigenvalue weighted by Gasteiger charge is 2.24. The lowest BCUT2D eigenvalue weighted by Crippen LogP contribution is -2.35. The van der Waals surface area contributed by atoms with Gasteiger partial charge in [0.15, 0.2) is 5.82 Å². The van der Waals surface area contributed by atoms with E-state index < -0.39 is 0 Å². The molecule has 23 heavy (non-hydrogen) atoms. The monoisotopic (exact) mass is 326 g/mol. The number of hydrogen-bond acceptors (Lipinski definition) is 6. The van der Waals surface area contributed by atoms with Gasteiger partial charge in [0.25, 0.3) is 0 Å². The smallest absolute Gasteiger partial charge is 0.159 e. The van der Waals surface area contributed by atoms with E-state index in [4.69, 9.17) is 4.98 Å². The van der Waals surface area contributed by atoms with Crippen molar-refractivity contribution in [2.45, 2.75) is 25.7 Å². The van der Waals surface area contributed by atoms with Crippen molar-refractivity contribution < 1.29 is 0 Å². The third-order valence-electron chi connectivity index (χ3n) is 4.23. The van der Waals surface area contributed by atoms with E-state index in [-0.39, 0.29) is 0 Å². The van der Waals surface area contributed by atoms with E-state index in [0.717, 1.165) is 37.0 Å². The van der Waals surface area contributed by atoms with E-state index in [1.807, 2.05) is 30.1 Å². The second-order valence-corrected chi connectivity index (χ2v) is 6.66. The van der Waals surface area contributed by atoms with E-state index >= 15 is 0 Å². The van der Waals surface area contributed by atoms with Gasteiger partial charge in [-0.25, -0.2) is 15.0 Å². The molecule has 1 aliphatic rings. The van der Waals surface area contributed by atoms with Crippen molar-refractivity contribution in [3.63, 3.8) is 0 Å². The number of hydrogen-bond donors (Lipinski definition) is 0. The molecule has 118 valence electrons. The average molecular weight is 326 g/mol. The molecule has 4 heterocycles. The highest BCUT2D eigenvalue weighted by molar-refractivity contribution is 7.09. The summed E-state index contributed by atoms with van der Waals surface area (Å²) in [5, 5.41) is 3.28. The van der Waals surface area contributed by atoms with Crippen molar-refractivity contribution in [3.8, 4) is 5.82 Å². The van der Waals surface area contributed by atoms with Crippen molar-refractivity contribution in [2.75, 3.05) is 18.0 Å². The highest BCUT2D eigenvalue weighted by atomic mass is 32.1. The Hall–Kier alpha value is -2.28. The Kier molecular flexibility index (Phi) is 3.78. The Morgan fingerprint density at radius 2 is 2.09 bits per heavy atom. The maximum absolute atomic E-state index is 4.78. The number of aromatic nitrogens is 5. The van der Waals surface area contributed by atoms with Gasteiger partial charge in [-0.3, -0.25) is 9.55 Å². The van der Waals surface area contributed by atoms with Crippen LogP contribution in [0.5, 0.6) is 0 Å². The molecule has 0 N–H and O–H groups in total. The first-order valence-corrected chi connectivity index (χ1v) is 8.66. The summed E-state index contributed by atoms with van der Waals surface area (Å²) in [5.41, 5.74) is 0. The zero-order valence-corrected chi connectivity index (χ0v) is 13.8. The summed E-state index contributed by atoms with van der Waals surface area (Å²) in [6.45, 7) is 3.94. The van der Waals surface area contributed by atoms with Crippen LogP contribution in [-0.2, 0) is 0 Å². The zero-order chi connectivity index (χ0) is 15.6. The molecule has 0 aromatic carbocycles. The number of anilines is 1. The fourth-order valence-corrected chi connectivity index (χ4v) is 3.82. The molecule has 0 spiro atoms. The van der Waals surface area contributed by atoms with Crippen LogP contribution < -0.4 is 4.90 Å². The van der Waals surface area contributed by atoms with Crippen molar-refractivity contribution in [1.82, 2.24) is 24.5 Å². The molecule has 1 fully saturated rings.